The molecule has 6 heteroatoms. The van der Waals surface area contributed by atoms with Crippen LogP contribution in [0.1, 0.15) is 22.0 Å². The highest BCUT2D eigenvalue weighted by molar-refractivity contribution is 5.92. The predicted molar refractivity (Wildman–Crippen MR) is 90.1 cm³/mol. The van der Waals surface area contributed by atoms with Gasteiger partial charge >= 0.3 is 5.97 Å². The number of phenolic OH excluding ortho intramolecular Hbond substituents is 1. The maximum Gasteiger partial charge on any atom is 0.339 e. The molecule has 1 aliphatic heterocycles. The van der Waals surface area contributed by atoms with Crippen LogP contribution in [0.15, 0.2) is 54.6 Å². The maximum absolute atomic E-state index is 12.9. The van der Waals surface area contributed by atoms with Crippen molar-refractivity contribution >= 4 is 11.9 Å². The van der Waals surface area contributed by atoms with E-state index in [1.807, 2.05) is 6.07 Å². The van der Waals surface area contributed by atoms with Crippen LogP contribution in [0.5, 0.6) is 5.75 Å². The van der Waals surface area contributed by atoms with Crippen LogP contribution in [-0.4, -0.2) is 48.2 Å². The number of hydrogen-bond donors (Lipinski definition) is 1. The number of carbonyl (C=O) groups excluding carboxylic acids is 2. The molecule has 0 radical (unpaired) electrons. The van der Waals surface area contributed by atoms with Gasteiger partial charge in [0.05, 0.1) is 18.8 Å². The van der Waals surface area contributed by atoms with Gasteiger partial charge in [0.2, 0.25) is 6.10 Å². The second-order valence-electron chi connectivity index (χ2n) is 5.68. The molecule has 1 atom stereocenters. The molecule has 130 valence electrons. The van der Waals surface area contributed by atoms with E-state index in [0.717, 1.165) is 0 Å². The zero-order chi connectivity index (χ0) is 17.6. The Morgan fingerprint density at radius 1 is 1.00 bits per heavy atom. The van der Waals surface area contributed by atoms with E-state index in [4.69, 9.17) is 9.47 Å². The number of benzene rings is 2. The Labute approximate surface area is 145 Å². The summed E-state index contributed by atoms with van der Waals surface area (Å²) in [6.07, 6.45) is -1.01. The van der Waals surface area contributed by atoms with Crippen LogP contribution < -0.4 is 0 Å². The smallest absolute Gasteiger partial charge is 0.339 e. The van der Waals surface area contributed by atoms with E-state index in [1.54, 1.807) is 29.2 Å². The number of nitrogens with zero attached hydrogens (tertiary/aromatic N) is 1. The van der Waals surface area contributed by atoms with Crippen molar-refractivity contribution in [2.24, 2.45) is 0 Å². The zero-order valence-electron chi connectivity index (χ0n) is 13.6. The first-order valence-electron chi connectivity index (χ1n) is 8.06. The number of amides is 1. The molecule has 3 rings (SSSR count). The minimum absolute atomic E-state index is 0.0561. The van der Waals surface area contributed by atoms with Gasteiger partial charge in [-0.2, -0.15) is 0 Å². The lowest BCUT2D eigenvalue weighted by Gasteiger charge is -2.30. The van der Waals surface area contributed by atoms with Crippen molar-refractivity contribution in [3.05, 3.63) is 65.7 Å². The molecule has 1 amide bonds. The number of carbonyl (C=O) groups is 2. The van der Waals surface area contributed by atoms with E-state index >= 15 is 0 Å². The molecule has 0 bridgehead atoms. The van der Waals surface area contributed by atoms with Crippen molar-refractivity contribution in [1.82, 2.24) is 4.90 Å². The molecule has 0 spiro atoms. The fourth-order valence-electron chi connectivity index (χ4n) is 2.61. The van der Waals surface area contributed by atoms with E-state index in [-0.39, 0.29) is 17.2 Å². The van der Waals surface area contributed by atoms with Crippen LogP contribution in [0.3, 0.4) is 0 Å². The number of phenols is 1. The van der Waals surface area contributed by atoms with E-state index in [0.29, 0.717) is 31.9 Å². The average Bonchev–Trinajstić information content (AvgIpc) is 2.67. The standard InChI is InChI=1S/C19H19NO5/c21-16-8-6-15(7-9-16)19(23)25-17(14-4-2-1-3-5-14)18(22)20-10-12-24-13-11-20/h1-9,17,21H,10-13H2. The average molecular weight is 341 g/mol. The van der Waals surface area contributed by atoms with Crippen molar-refractivity contribution in [2.75, 3.05) is 26.3 Å². The molecule has 25 heavy (non-hydrogen) atoms. The second-order valence-corrected chi connectivity index (χ2v) is 5.68. The van der Waals surface area contributed by atoms with Gasteiger partial charge in [-0.1, -0.05) is 30.3 Å². The van der Waals surface area contributed by atoms with Crippen LogP contribution in [0.4, 0.5) is 0 Å². The molecule has 0 saturated carbocycles. The van der Waals surface area contributed by atoms with Gasteiger partial charge in [0.15, 0.2) is 0 Å². The molecule has 2 aromatic rings. The van der Waals surface area contributed by atoms with Gasteiger partial charge in [-0.05, 0) is 24.3 Å². The molecule has 1 saturated heterocycles. The van der Waals surface area contributed by atoms with Gasteiger partial charge < -0.3 is 19.5 Å². The number of ether oxygens (including phenoxy) is 2. The molecule has 1 N–H and O–H groups in total. The second kappa shape index (κ2) is 7.81. The fraction of sp³-hybridized carbons (Fsp3) is 0.263. The number of rotatable bonds is 4. The normalized spacial score (nSPS) is 15.4. The lowest BCUT2D eigenvalue weighted by atomic mass is 10.1. The van der Waals surface area contributed by atoms with Crippen LogP contribution in [0.2, 0.25) is 0 Å². The lowest BCUT2D eigenvalue weighted by Crippen LogP contribution is -2.44. The minimum atomic E-state index is -1.01. The molecule has 1 heterocycles. The van der Waals surface area contributed by atoms with E-state index < -0.39 is 12.1 Å². The monoisotopic (exact) mass is 341 g/mol. The van der Waals surface area contributed by atoms with E-state index in [9.17, 15) is 14.7 Å². The minimum Gasteiger partial charge on any atom is -0.508 e. The van der Waals surface area contributed by atoms with Gasteiger partial charge in [0, 0.05) is 18.7 Å². The molecule has 1 aliphatic rings. The van der Waals surface area contributed by atoms with Crippen LogP contribution in [0, 0.1) is 0 Å². The Morgan fingerprint density at radius 3 is 2.28 bits per heavy atom. The Kier molecular flexibility index (Phi) is 5.30. The SMILES string of the molecule is O=C(OC(C(=O)N1CCOCC1)c1ccccc1)c1ccc(O)cc1. The molecule has 1 fully saturated rings. The van der Waals surface area contributed by atoms with Crippen molar-refractivity contribution in [2.45, 2.75) is 6.10 Å². The molecular weight excluding hydrogens is 322 g/mol. The van der Waals surface area contributed by atoms with Crippen molar-refractivity contribution in [3.63, 3.8) is 0 Å². The number of esters is 1. The first kappa shape index (κ1) is 17.0. The van der Waals surface area contributed by atoms with Crippen molar-refractivity contribution < 1.29 is 24.2 Å². The number of morpholine rings is 1. The lowest BCUT2D eigenvalue weighted by molar-refractivity contribution is -0.145. The largest absolute Gasteiger partial charge is 0.508 e. The first-order valence-corrected chi connectivity index (χ1v) is 8.06. The van der Waals surface area contributed by atoms with E-state index in [2.05, 4.69) is 0 Å². The summed E-state index contributed by atoms with van der Waals surface area (Å²) in [4.78, 5) is 26.9. The Hall–Kier alpha value is -2.86. The Bertz CT molecular complexity index is 723. The third-order valence-corrected chi connectivity index (χ3v) is 3.98. The van der Waals surface area contributed by atoms with Gasteiger partial charge in [0.25, 0.3) is 5.91 Å². The third kappa shape index (κ3) is 4.16. The predicted octanol–water partition coefficient (Wildman–Crippen LogP) is 2.15. The summed E-state index contributed by atoms with van der Waals surface area (Å²) in [6, 6.07) is 14.7. The zero-order valence-corrected chi connectivity index (χ0v) is 13.6. The fourth-order valence-corrected chi connectivity index (χ4v) is 2.61. The highest BCUT2D eigenvalue weighted by Crippen LogP contribution is 2.23. The van der Waals surface area contributed by atoms with Gasteiger partial charge in [-0.3, -0.25) is 4.79 Å². The molecule has 0 aliphatic carbocycles. The molecule has 1 unspecified atom stereocenters. The first-order chi connectivity index (χ1) is 12.1. The highest BCUT2D eigenvalue weighted by Gasteiger charge is 2.30. The number of hydrogen-bond acceptors (Lipinski definition) is 5. The van der Waals surface area contributed by atoms with Crippen molar-refractivity contribution in [1.29, 1.82) is 0 Å². The molecule has 6 nitrogen and oxygen atoms in total. The van der Waals surface area contributed by atoms with Gasteiger partial charge in [0.1, 0.15) is 5.75 Å². The summed E-state index contributed by atoms with van der Waals surface area (Å²) in [5.41, 5.74) is 0.889. The van der Waals surface area contributed by atoms with Crippen LogP contribution in [-0.2, 0) is 14.3 Å². The Morgan fingerprint density at radius 2 is 1.64 bits per heavy atom. The van der Waals surface area contributed by atoms with Crippen LogP contribution >= 0.6 is 0 Å². The number of aromatic hydroxyl groups is 1. The summed E-state index contributed by atoms with van der Waals surface area (Å²) in [5.74, 6) is -0.822. The van der Waals surface area contributed by atoms with Gasteiger partial charge in [-0.15, -0.1) is 0 Å². The summed E-state index contributed by atoms with van der Waals surface area (Å²) in [5, 5.41) is 9.33. The van der Waals surface area contributed by atoms with Crippen molar-refractivity contribution in [3.8, 4) is 5.75 Å². The quantitative estimate of drug-likeness (QED) is 0.863. The molecular formula is C19H19NO5. The highest BCUT2D eigenvalue weighted by atomic mass is 16.5. The van der Waals surface area contributed by atoms with Gasteiger partial charge in [-0.25, -0.2) is 4.79 Å². The summed E-state index contributed by atoms with van der Waals surface area (Å²) in [6.45, 7) is 1.89. The third-order valence-electron chi connectivity index (χ3n) is 3.98. The van der Waals surface area contributed by atoms with E-state index in [1.165, 1.54) is 24.3 Å². The Balaban J connectivity index is 1.82. The van der Waals surface area contributed by atoms with Crippen LogP contribution in [0.25, 0.3) is 0 Å². The summed E-state index contributed by atoms with van der Waals surface area (Å²) in [7, 11) is 0. The summed E-state index contributed by atoms with van der Waals surface area (Å²) >= 11 is 0. The maximum atomic E-state index is 12.9. The molecule has 2 aromatic carbocycles. The summed E-state index contributed by atoms with van der Waals surface area (Å²) < 4.78 is 10.8. The molecule has 0 aromatic heterocycles. The topological polar surface area (TPSA) is 76.1 Å².